The molecule has 1 N–H and O–H groups in total. The topological polar surface area (TPSA) is 69.2 Å². The summed E-state index contributed by atoms with van der Waals surface area (Å²) < 4.78 is 10.5. The van der Waals surface area contributed by atoms with E-state index in [1.165, 1.54) is 0 Å². The van der Waals surface area contributed by atoms with Gasteiger partial charge in [-0.15, -0.1) is 0 Å². The van der Waals surface area contributed by atoms with Gasteiger partial charge in [0.2, 0.25) is 6.10 Å². The van der Waals surface area contributed by atoms with Crippen LogP contribution in [-0.4, -0.2) is 31.9 Å². The van der Waals surface area contributed by atoms with Crippen LogP contribution in [0, 0.1) is 0 Å². The monoisotopic (exact) mass is 416 g/mol. The van der Waals surface area contributed by atoms with Crippen LogP contribution in [0.5, 0.6) is 11.5 Å². The number of ether oxygens (including phenoxy) is 2. The molecule has 1 atom stereocenters. The summed E-state index contributed by atoms with van der Waals surface area (Å²) >= 11 is 0. The van der Waals surface area contributed by atoms with Gasteiger partial charge in [0.15, 0.2) is 11.5 Å². The Labute approximate surface area is 181 Å². The van der Waals surface area contributed by atoms with Gasteiger partial charge < -0.3 is 19.6 Å². The Kier molecular flexibility index (Phi) is 5.89. The summed E-state index contributed by atoms with van der Waals surface area (Å²) in [6.07, 6.45) is -0.743. The first-order valence-corrected chi connectivity index (χ1v) is 10.0. The maximum absolute atomic E-state index is 12.5. The third kappa shape index (κ3) is 4.10. The number of amides is 1. The van der Waals surface area contributed by atoms with Gasteiger partial charge in [0.05, 0.1) is 14.2 Å². The van der Waals surface area contributed by atoms with Crippen LogP contribution >= 0.6 is 0 Å². The number of rotatable bonds is 7. The smallest absolute Gasteiger partial charge is 0.263 e. The van der Waals surface area contributed by atoms with E-state index in [2.05, 4.69) is 22.6 Å². The highest BCUT2D eigenvalue weighted by Gasteiger charge is 2.25. The van der Waals surface area contributed by atoms with E-state index in [9.17, 15) is 4.79 Å². The molecule has 0 saturated heterocycles. The highest BCUT2D eigenvalue weighted by Crippen LogP contribution is 2.36. The molecule has 1 aliphatic carbocycles. The van der Waals surface area contributed by atoms with Crippen molar-refractivity contribution in [3.8, 4) is 22.6 Å². The maximum Gasteiger partial charge on any atom is 0.263 e. The normalized spacial score (nSPS) is 12.4. The fourth-order valence-electron chi connectivity index (χ4n) is 3.60. The van der Waals surface area contributed by atoms with Crippen molar-refractivity contribution in [3.63, 3.8) is 0 Å². The molecule has 0 heterocycles. The van der Waals surface area contributed by atoms with E-state index in [0.29, 0.717) is 18.0 Å². The molecule has 0 aliphatic heterocycles. The van der Waals surface area contributed by atoms with Gasteiger partial charge in [-0.25, -0.2) is 0 Å². The highest BCUT2D eigenvalue weighted by atomic mass is 16.6. The van der Waals surface area contributed by atoms with Crippen molar-refractivity contribution in [1.29, 1.82) is 0 Å². The number of methoxy groups -OCH3 is 2. The molecule has 1 amide bonds. The van der Waals surface area contributed by atoms with Gasteiger partial charge in [-0.05, 0) is 35.7 Å². The first-order chi connectivity index (χ1) is 15.1. The van der Waals surface area contributed by atoms with E-state index in [-0.39, 0.29) is 5.91 Å². The third-order valence-corrected chi connectivity index (χ3v) is 5.24. The minimum atomic E-state index is -0.743. The molecule has 0 saturated carbocycles. The van der Waals surface area contributed by atoms with Crippen molar-refractivity contribution in [2.75, 3.05) is 14.2 Å². The number of nitrogens with zero attached hydrogens (tertiary/aromatic N) is 1. The molecule has 31 heavy (non-hydrogen) atoms. The number of oxime groups is 1. The summed E-state index contributed by atoms with van der Waals surface area (Å²) in [5.41, 5.74) is 5.87. The molecule has 0 radical (unpaired) electrons. The first kappa shape index (κ1) is 20.5. The van der Waals surface area contributed by atoms with Crippen molar-refractivity contribution in [2.45, 2.75) is 19.6 Å². The largest absolute Gasteiger partial charge is 0.493 e. The second kappa shape index (κ2) is 8.92. The van der Waals surface area contributed by atoms with E-state index in [1.807, 2.05) is 48.5 Å². The second-order valence-corrected chi connectivity index (χ2v) is 7.19. The molecular formula is C25H24N2O4. The number of fused-ring (bicyclic) bond motifs is 3. The van der Waals surface area contributed by atoms with Crippen LogP contribution in [0.15, 0.2) is 71.9 Å². The second-order valence-electron chi connectivity index (χ2n) is 7.19. The van der Waals surface area contributed by atoms with Crippen molar-refractivity contribution in [2.24, 2.45) is 5.16 Å². The molecule has 1 aliphatic rings. The predicted octanol–water partition coefficient (Wildman–Crippen LogP) is 4.16. The summed E-state index contributed by atoms with van der Waals surface area (Å²) in [6, 6.07) is 21.6. The zero-order chi connectivity index (χ0) is 21.8. The lowest BCUT2D eigenvalue weighted by atomic mass is 10.1. The Morgan fingerprint density at radius 3 is 2.03 bits per heavy atom. The number of carbonyl (C=O) groups excluding carboxylic acids is 1. The molecule has 3 aromatic rings. The lowest BCUT2D eigenvalue weighted by Crippen LogP contribution is -2.33. The summed E-state index contributed by atoms with van der Waals surface area (Å²) in [6.45, 7) is 2.02. The SMILES string of the molecule is COc1ccc(CNC(=O)C(C)ON=C2c3ccccc3-c3ccccc32)cc1OC. The molecule has 0 fully saturated rings. The van der Waals surface area contributed by atoms with Crippen molar-refractivity contribution in [3.05, 3.63) is 83.4 Å². The quantitative estimate of drug-likeness (QED) is 0.460. The minimum absolute atomic E-state index is 0.251. The van der Waals surface area contributed by atoms with Gasteiger partial charge in [-0.2, -0.15) is 0 Å². The number of nitrogens with one attached hydrogen (secondary N) is 1. The Hall–Kier alpha value is -3.80. The molecule has 1 unspecified atom stereocenters. The number of carbonyl (C=O) groups is 1. The fraction of sp³-hybridized carbons (Fsp3) is 0.200. The molecular weight excluding hydrogens is 392 g/mol. The standard InChI is InChI=1S/C25H24N2O4/c1-16(25(28)26-15-17-12-13-22(29-2)23(14-17)30-3)31-27-24-20-10-6-4-8-18(20)19-9-5-7-11-21(19)24/h4-14,16H,15H2,1-3H3,(H,26,28). The van der Waals surface area contributed by atoms with Gasteiger partial charge in [0.1, 0.15) is 5.71 Å². The van der Waals surface area contributed by atoms with Crippen LogP contribution in [0.4, 0.5) is 0 Å². The Balaban J connectivity index is 1.44. The molecule has 158 valence electrons. The average Bonchev–Trinajstić information content (AvgIpc) is 3.14. The zero-order valence-corrected chi connectivity index (χ0v) is 17.7. The number of benzene rings is 3. The molecule has 0 aromatic heterocycles. The molecule has 6 nitrogen and oxygen atoms in total. The van der Waals surface area contributed by atoms with E-state index in [0.717, 1.165) is 33.5 Å². The lowest BCUT2D eigenvalue weighted by Gasteiger charge is -2.13. The molecule has 3 aromatic carbocycles. The molecule has 6 heteroatoms. The number of hydrogen-bond donors (Lipinski definition) is 1. The van der Waals surface area contributed by atoms with E-state index < -0.39 is 6.10 Å². The van der Waals surface area contributed by atoms with Crippen molar-refractivity contribution < 1.29 is 19.1 Å². The van der Waals surface area contributed by atoms with E-state index in [1.54, 1.807) is 27.2 Å². The maximum atomic E-state index is 12.5. The van der Waals surface area contributed by atoms with Gasteiger partial charge >= 0.3 is 0 Å². The molecule has 0 spiro atoms. The first-order valence-electron chi connectivity index (χ1n) is 10.0. The van der Waals surface area contributed by atoms with Gasteiger partial charge in [-0.1, -0.05) is 59.8 Å². The average molecular weight is 416 g/mol. The molecule has 4 rings (SSSR count). The summed E-state index contributed by atoms with van der Waals surface area (Å²) in [5, 5.41) is 7.22. The van der Waals surface area contributed by atoms with Crippen molar-refractivity contribution in [1.82, 2.24) is 5.32 Å². The highest BCUT2D eigenvalue weighted by molar-refractivity contribution is 6.24. The van der Waals surface area contributed by atoms with Gasteiger partial charge in [-0.3, -0.25) is 4.79 Å². The van der Waals surface area contributed by atoms with Crippen molar-refractivity contribution >= 4 is 11.6 Å². The van der Waals surface area contributed by atoms with Gasteiger partial charge in [0, 0.05) is 17.7 Å². The minimum Gasteiger partial charge on any atom is -0.493 e. The van der Waals surface area contributed by atoms with Crippen LogP contribution < -0.4 is 14.8 Å². The van der Waals surface area contributed by atoms with E-state index >= 15 is 0 Å². The van der Waals surface area contributed by atoms with Gasteiger partial charge in [0.25, 0.3) is 5.91 Å². The van der Waals surface area contributed by atoms with Crippen LogP contribution in [-0.2, 0) is 16.2 Å². The number of hydrogen-bond acceptors (Lipinski definition) is 5. The Morgan fingerprint density at radius 2 is 1.45 bits per heavy atom. The Bertz CT molecular complexity index is 1090. The van der Waals surface area contributed by atoms with Crippen LogP contribution in [0.2, 0.25) is 0 Å². The third-order valence-electron chi connectivity index (χ3n) is 5.24. The summed E-state index contributed by atoms with van der Waals surface area (Å²) in [5.74, 6) is 1.00. The van der Waals surface area contributed by atoms with E-state index in [4.69, 9.17) is 14.3 Å². The lowest BCUT2D eigenvalue weighted by molar-refractivity contribution is -0.131. The van der Waals surface area contributed by atoms with Crippen LogP contribution in [0.25, 0.3) is 11.1 Å². The summed E-state index contributed by atoms with van der Waals surface area (Å²) in [7, 11) is 3.16. The predicted molar refractivity (Wildman–Crippen MR) is 119 cm³/mol. The van der Waals surface area contributed by atoms with Crippen LogP contribution in [0.1, 0.15) is 23.6 Å². The summed E-state index contributed by atoms with van der Waals surface area (Å²) in [4.78, 5) is 18.1. The Morgan fingerprint density at radius 1 is 0.871 bits per heavy atom. The zero-order valence-electron chi connectivity index (χ0n) is 17.7. The van der Waals surface area contributed by atoms with Crippen LogP contribution in [0.3, 0.4) is 0 Å². The fourth-order valence-corrected chi connectivity index (χ4v) is 3.60. The molecule has 0 bridgehead atoms.